The zero-order valence-electron chi connectivity index (χ0n) is 9.02. The molecule has 0 aromatic heterocycles. The Balaban J connectivity index is 2.41. The van der Waals surface area contributed by atoms with Crippen LogP contribution in [0.2, 0.25) is 0 Å². The first kappa shape index (κ1) is 11.2. The van der Waals surface area contributed by atoms with Crippen LogP contribution in [0.1, 0.15) is 23.7 Å². The van der Waals surface area contributed by atoms with Crippen LogP contribution in [0.25, 0.3) is 0 Å². The second kappa shape index (κ2) is 3.94. The van der Waals surface area contributed by atoms with E-state index in [1.54, 1.807) is 6.92 Å². The first-order valence-corrected chi connectivity index (χ1v) is 5.24. The maximum Gasteiger partial charge on any atom is 0.175 e. The summed E-state index contributed by atoms with van der Waals surface area (Å²) in [6.07, 6.45) is 0.611. The van der Waals surface area contributed by atoms with Gasteiger partial charge in [-0.05, 0) is 25.1 Å². The fraction of sp³-hybridized carbons (Fsp3) is 0.417. The van der Waals surface area contributed by atoms with Gasteiger partial charge < -0.3 is 5.32 Å². The van der Waals surface area contributed by atoms with Gasteiger partial charge in [-0.2, -0.15) is 0 Å². The van der Waals surface area contributed by atoms with Crippen molar-refractivity contribution < 1.29 is 13.6 Å². The molecule has 4 heteroatoms. The summed E-state index contributed by atoms with van der Waals surface area (Å²) in [4.78, 5) is 12.1. The summed E-state index contributed by atoms with van der Waals surface area (Å²) < 4.78 is 26.9. The van der Waals surface area contributed by atoms with Crippen LogP contribution in [0.4, 0.5) is 8.78 Å². The van der Waals surface area contributed by atoms with Gasteiger partial charge in [-0.15, -0.1) is 0 Å². The number of benzene rings is 1. The Morgan fingerprint density at radius 2 is 2.00 bits per heavy atom. The Bertz CT molecular complexity index is 405. The normalized spacial score (nSPS) is 24.7. The van der Waals surface area contributed by atoms with Crippen molar-refractivity contribution in [2.24, 2.45) is 5.41 Å². The maximum atomic E-state index is 13.4. The molecule has 1 unspecified atom stereocenters. The average molecular weight is 225 g/mol. The topological polar surface area (TPSA) is 29.1 Å². The van der Waals surface area contributed by atoms with Crippen molar-refractivity contribution in [3.8, 4) is 0 Å². The summed E-state index contributed by atoms with van der Waals surface area (Å²) in [5.41, 5.74) is -1.10. The zero-order valence-corrected chi connectivity index (χ0v) is 9.02. The molecule has 1 heterocycles. The van der Waals surface area contributed by atoms with Crippen molar-refractivity contribution in [1.82, 2.24) is 5.32 Å². The number of carbonyl (C=O) groups is 1. The molecule has 1 aliphatic rings. The third-order valence-corrected chi connectivity index (χ3v) is 3.11. The highest BCUT2D eigenvalue weighted by Crippen LogP contribution is 2.31. The third-order valence-electron chi connectivity index (χ3n) is 3.11. The highest BCUT2D eigenvalue weighted by Gasteiger charge is 2.39. The number of nitrogens with one attached hydrogen (secondary N) is 1. The molecule has 1 saturated heterocycles. The van der Waals surface area contributed by atoms with Crippen LogP contribution in [0.15, 0.2) is 18.2 Å². The van der Waals surface area contributed by atoms with Crippen molar-refractivity contribution in [2.75, 3.05) is 13.1 Å². The highest BCUT2D eigenvalue weighted by atomic mass is 19.1. The van der Waals surface area contributed by atoms with Gasteiger partial charge in [0.15, 0.2) is 5.78 Å². The molecular formula is C12H13F2NO. The van der Waals surface area contributed by atoms with Gasteiger partial charge in [0.1, 0.15) is 11.6 Å². The smallest absolute Gasteiger partial charge is 0.175 e. The lowest BCUT2D eigenvalue weighted by molar-refractivity contribution is 0.0830. The molecular weight excluding hydrogens is 212 g/mol. The quantitative estimate of drug-likeness (QED) is 0.781. The molecule has 16 heavy (non-hydrogen) atoms. The van der Waals surface area contributed by atoms with E-state index in [0.29, 0.717) is 19.5 Å². The zero-order chi connectivity index (χ0) is 11.8. The van der Waals surface area contributed by atoms with Crippen molar-refractivity contribution in [3.05, 3.63) is 35.4 Å². The standard InChI is InChI=1S/C12H13F2NO/c1-12(5-6-15-7-12)11(16)10-8(13)3-2-4-9(10)14/h2-4,15H,5-7H2,1H3. The van der Waals surface area contributed by atoms with E-state index >= 15 is 0 Å². The van der Waals surface area contributed by atoms with E-state index in [1.807, 2.05) is 0 Å². The van der Waals surface area contributed by atoms with Crippen LogP contribution in [-0.4, -0.2) is 18.9 Å². The molecule has 1 atom stereocenters. The van der Waals surface area contributed by atoms with Crippen molar-refractivity contribution in [2.45, 2.75) is 13.3 Å². The molecule has 2 rings (SSSR count). The predicted octanol–water partition coefficient (Wildman–Crippen LogP) is 2.15. The lowest BCUT2D eigenvalue weighted by Gasteiger charge is -2.21. The van der Waals surface area contributed by atoms with Gasteiger partial charge in [-0.3, -0.25) is 4.79 Å². The summed E-state index contributed by atoms with van der Waals surface area (Å²) in [5, 5.41) is 3.04. The van der Waals surface area contributed by atoms with Gasteiger partial charge in [0.25, 0.3) is 0 Å². The molecule has 1 aromatic carbocycles. The average Bonchev–Trinajstić information content (AvgIpc) is 2.66. The summed E-state index contributed by atoms with van der Waals surface area (Å²) in [6, 6.07) is 3.49. The van der Waals surface area contributed by atoms with Gasteiger partial charge in [-0.25, -0.2) is 8.78 Å². The predicted molar refractivity (Wildman–Crippen MR) is 56.3 cm³/mol. The largest absolute Gasteiger partial charge is 0.316 e. The Kier molecular flexibility index (Phi) is 2.76. The first-order chi connectivity index (χ1) is 7.54. The second-order valence-corrected chi connectivity index (χ2v) is 4.41. The van der Waals surface area contributed by atoms with Crippen LogP contribution >= 0.6 is 0 Å². The van der Waals surface area contributed by atoms with Crippen LogP contribution < -0.4 is 5.32 Å². The number of Topliss-reactive ketones (excluding diaryl/α,β-unsaturated/α-hetero) is 1. The third kappa shape index (κ3) is 1.73. The molecule has 1 fully saturated rings. The Labute approximate surface area is 92.7 Å². The second-order valence-electron chi connectivity index (χ2n) is 4.41. The van der Waals surface area contributed by atoms with Crippen molar-refractivity contribution in [3.63, 3.8) is 0 Å². The molecule has 1 aliphatic heterocycles. The summed E-state index contributed by atoms with van der Waals surface area (Å²) in [7, 11) is 0. The molecule has 0 aliphatic carbocycles. The minimum atomic E-state index is -0.780. The van der Waals surface area contributed by atoms with Crippen LogP contribution in [-0.2, 0) is 0 Å². The molecule has 2 nitrogen and oxygen atoms in total. The Morgan fingerprint density at radius 1 is 1.38 bits per heavy atom. The number of hydrogen-bond acceptors (Lipinski definition) is 2. The number of halogens is 2. The highest BCUT2D eigenvalue weighted by molar-refractivity contribution is 6.01. The molecule has 0 amide bonds. The molecule has 0 spiro atoms. The van der Waals surface area contributed by atoms with E-state index in [4.69, 9.17) is 0 Å². The molecule has 0 radical (unpaired) electrons. The van der Waals surface area contributed by atoms with E-state index in [2.05, 4.69) is 5.32 Å². The lowest BCUT2D eigenvalue weighted by Crippen LogP contribution is -2.31. The van der Waals surface area contributed by atoms with E-state index in [-0.39, 0.29) is 0 Å². The number of carbonyl (C=O) groups excluding carboxylic acids is 1. The van der Waals surface area contributed by atoms with Crippen molar-refractivity contribution >= 4 is 5.78 Å². The Hall–Kier alpha value is -1.29. The van der Waals surface area contributed by atoms with Crippen LogP contribution in [0.5, 0.6) is 0 Å². The Morgan fingerprint density at radius 3 is 2.50 bits per heavy atom. The van der Waals surface area contributed by atoms with E-state index in [0.717, 1.165) is 12.1 Å². The summed E-state index contributed by atoms with van der Waals surface area (Å²) in [5.74, 6) is -2.01. The number of ketones is 1. The fourth-order valence-corrected chi connectivity index (χ4v) is 2.03. The minimum absolute atomic E-state index is 0.409. The van der Waals surface area contributed by atoms with E-state index in [1.165, 1.54) is 6.07 Å². The van der Waals surface area contributed by atoms with Crippen LogP contribution in [0.3, 0.4) is 0 Å². The summed E-state index contributed by atoms with van der Waals surface area (Å²) >= 11 is 0. The van der Waals surface area contributed by atoms with E-state index in [9.17, 15) is 13.6 Å². The fourth-order valence-electron chi connectivity index (χ4n) is 2.03. The van der Waals surface area contributed by atoms with Crippen molar-refractivity contribution in [1.29, 1.82) is 0 Å². The van der Waals surface area contributed by atoms with Gasteiger partial charge in [0.2, 0.25) is 0 Å². The number of hydrogen-bond donors (Lipinski definition) is 1. The molecule has 1 N–H and O–H groups in total. The van der Waals surface area contributed by atoms with Gasteiger partial charge >= 0.3 is 0 Å². The molecule has 0 bridgehead atoms. The minimum Gasteiger partial charge on any atom is -0.316 e. The molecule has 1 aromatic rings. The van der Waals surface area contributed by atoms with Gasteiger partial charge in [0.05, 0.1) is 5.56 Å². The van der Waals surface area contributed by atoms with E-state index < -0.39 is 28.4 Å². The molecule has 0 saturated carbocycles. The first-order valence-electron chi connectivity index (χ1n) is 5.24. The lowest BCUT2D eigenvalue weighted by atomic mass is 9.81. The molecule has 86 valence electrons. The SMILES string of the molecule is CC1(C(=O)c2c(F)cccc2F)CCNC1. The summed E-state index contributed by atoms with van der Waals surface area (Å²) in [6.45, 7) is 2.92. The monoisotopic (exact) mass is 225 g/mol. The number of rotatable bonds is 2. The van der Waals surface area contributed by atoms with Gasteiger partial charge in [0, 0.05) is 12.0 Å². The van der Waals surface area contributed by atoms with Crippen LogP contribution in [0, 0.1) is 17.0 Å². The maximum absolute atomic E-state index is 13.4. The van der Waals surface area contributed by atoms with Gasteiger partial charge in [-0.1, -0.05) is 13.0 Å².